The van der Waals surface area contributed by atoms with E-state index < -0.39 is 142 Å². The second-order valence-electron chi connectivity index (χ2n) is 33.7. The first-order valence-corrected chi connectivity index (χ1v) is 40.9. The highest BCUT2D eigenvalue weighted by Gasteiger charge is 2.49. The Balaban J connectivity index is 0.847. The molecule has 122 heavy (non-hydrogen) atoms. The minimum atomic E-state index is -1.51. The van der Waals surface area contributed by atoms with Crippen LogP contribution in [0.3, 0.4) is 0 Å². The van der Waals surface area contributed by atoms with Crippen LogP contribution in [-0.4, -0.2) is 207 Å². The third-order valence-electron chi connectivity index (χ3n) is 22.7. The molecule has 9 amide bonds. The van der Waals surface area contributed by atoms with Crippen molar-refractivity contribution in [3.05, 3.63) is 216 Å². The highest BCUT2D eigenvalue weighted by molar-refractivity contribution is 5.99. The molecule has 16 rings (SSSR count). The minimum Gasteiger partial charge on any atom is -0.487 e. The van der Waals surface area contributed by atoms with Crippen LogP contribution in [0.4, 0.5) is 0 Å². The first-order valence-electron chi connectivity index (χ1n) is 40.9. The van der Waals surface area contributed by atoms with Gasteiger partial charge in [-0.2, -0.15) is 0 Å². The third-order valence-corrected chi connectivity index (χ3v) is 22.7. The van der Waals surface area contributed by atoms with Crippen molar-refractivity contribution in [2.75, 3.05) is 27.2 Å². The summed E-state index contributed by atoms with van der Waals surface area (Å²) >= 11 is 0. The van der Waals surface area contributed by atoms with Crippen LogP contribution < -0.4 is 57.3 Å². The molecule has 12 atom stereocenters. The topological polar surface area (TPSA) is 427 Å². The lowest BCUT2D eigenvalue weighted by Gasteiger charge is -2.36. The van der Waals surface area contributed by atoms with E-state index in [4.69, 9.17) is 9.47 Å². The molecular weight excluding hydrogens is 1560 g/mol. The first-order chi connectivity index (χ1) is 58.4. The van der Waals surface area contributed by atoms with Gasteiger partial charge < -0.3 is 76.8 Å². The number of carbonyl (C=O) groups is 10. The average Bonchev–Trinajstić information content (AvgIpc) is 1.63. The van der Waals surface area contributed by atoms with Gasteiger partial charge in [-0.05, 0) is 135 Å². The van der Waals surface area contributed by atoms with Crippen LogP contribution in [0.5, 0.6) is 11.5 Å². The molecule has 12 bridgehead atoms. The fraction of sp³-hybridized carbons (Fsp3) is 0.393. The number of likely N-dealkylation sites (tertiary alicyclic amines) is 2. The van der Waals surface area contributed by atoms with Crippen LogP contribution in [0.15, 0.2) is 176 Å². The molecule has 0 unspecified atom stereocenters. The number of carbonyl (C=O) groups excluding carboxylic acids is 9. The summed E-state index contributed by atoms with van der Waals surface area (Å²) in [6.07, 6.45) is 4.49. The number of aromatic amines is 1. The van der Waals surface area contributed by atoms with Crippen LogP contribution in [0.25, 0.3) is 32.9 Å². The van der Waals surface area contributed by atoms with Crippen molar-refractivity contribution in [2.24, 2.45) is 10.8 Å². The predicted octanol–water partition coefficient (Wildman–Crippen LogP) is 5.31. The van der Waals surface area contributed by atoms with E-state index in [2.05, 4.69) is 83.8 Å². The molecule has 3 aromatic heterocycles. The number of carboxylic acid groups (broad SMARTS) is 1. The van der Waals surface area contributed by atoms with E-state index in [-0.39, 0.29) is 71.4 Å². The summed E-state index contributed by atoms with van der Waals surface area (Å²) in [5, 5.41) is 64.1. The Kier molecular flexibility index (Phi) is 26.9. The molecule has 6 aliphatic heterocycles. The number of ether oxygens (including phenoxy) is 2. The number of nitrogens with zero attached hydrogens (tertiary/aromatic N) is 10. The SMILES string of the molecule is CN[C@@H](C)C(=O)N[C@H](C(=O)N1C[C@@H]2C[C@H]1C(=O)N[C@@H](Cc1ccc3ccccc3c1)C(=O)N[C@H](C(=O)O)Cc1ccc(cc1)OCc1cn(cn1)[C@H]1C[C@@H](C(=O)N[C@@H](Cc3ccc4ccccc4c3)C(=O)N[C@H](C(=O)NCc3cccc(-c4nnn[nH]4)c3)Cc3ccc(cc3)OCc3cn2nn3)N(C(=O)[C@@H](NC(=O)[C@H](C)NC)C(C)(C)C)C1)C(C)(C)C. The fourth-order valence-corrected chi connectivity index (χ4v) is 15.4. The highest BCUT2D eigenvalue weighted by atomic mass is 16.5. The lowest BCUT2D eigenvalue weighted by Crippen LogP contribution is -2.61. The van der Waals surface area contributed by atoms with Crippen LogP contribution in [0.2, 0.25) is 0 Å². The van der Waals surface area contributed by atoms with Crippen molar-refractivity contribution in [3.63, 3.8) is 0 Å². The summed E-state index contributed by atoms with van der Waals surface area (Å²) in [4.78, 5) is 156. The van der Waals surface area contributed by atoms with Crippen molar-refractivity contribution in [3.8, 4) is 22.9 Å². The average molecular weight is 1660 g/mol. The normalized spacial score (nSPS) is 20.6. The summed E-state index contributed by atoms with van der Waals surface area (Å²) in [7, 11) is 3.24. The number of aliphatic carboxylic acids is 1. The number of benzene rings is 7. The fourth-order valence-electron chi connectivity index (χ4n) is 15.4. The Hall–Kier alpha value is -13.3. The number of rotatable bonds is 17. The van der Waals surface area contributed by atoms with Gasteiger partial charge >= 0.3 is 5.97 Å². The molecule has 6 aliphatic rings. The molecule has 0 saturated carbocycles. The number of carboxylic acids is 1. The molecule has 33 nitrogen and oxygen atoms in total. The van der Waals surface area contributed by atoms with Crippen molar-refractivity contribution < 1.29 is 62.5 Å². The van der Waals surface area contributed by atoms with Crippen LogP contribution in [0, 0.1) is 10.8 Å². The summed E-state index contributed by atoms with van der Waals surface area (Å²) in [5.41, 5.74) is 2.77. The minimum absolute atomic E-state index is 0.0117. The summed E-state index contributed by atoms with van der Waals surface area (Å²) < 4.78 is 15.9. The lowest BCUT2D eigenvalue weighted by molar-refractivity contribution is -0.145. The monoisotopic (exact) mass is 1660 g/mol. The molecule has 0 radical (unpaired) electrons. The van der Waals surface area contributed by atoms with Crippen LogP contribution in [-0.2, 0) is 93.4 Å². The summed E-state index contributed by atoms with van der Waals surface area (Å²) in [6.45, 7) is 13.8. The van der Waals surface area contributed by atoms with Crippen molar-refractivity contribution in [2.45, 2.75) is 186 Å². The Labute approximate surface area is 705 Å². The number of hydrogen-bond acceptors (Lipinski definition) is 20. The van der Waals surface area contributed by atoms with Crippen LogP contribution >= 0.6 is 0 Å². The maximum Gasteiger partial charge on any atom is 0.326 e. The van der Waals surface area contributed by atoms with Crippen molar-refractivity contribution >= 4 is 80.7 Å². The van der Waals surface area contributed by atoms with Crippen molar-refractivity contribution in [1.82, 2.24) is 103 Å². The molecule has 33 heteroatoms. The molecule has 9 heterocycles. The third kappa shape index (κ3) is 21.3. The molecule has 11 N–H and O–H groups in total. The Bertz CT molecular complexity index is 5450. The van der Waals surface area contributed by atoms with Gasteiger partial charge in [0.2, 0.25) is 53.2 Å². The zero-order valence-corrected chi connectivity index (χ0v) is 69.8. The summed E-state index contributed by atoms with van der Waals surface area (Å²) in [5.74, 6) is -5.75. The number of nitrogens with one attached hydrogen (secondary N) is 10. The molecule has 7 aromatic carbocycles. The number of amides is 9. The van der Waals surface area contributed by atoms with E-state index in [9.17, 15) is 19.5 Å². The predicted molar refractivity (Wildman–Crippen MR) is 451 cm³/mol. The summed E-state index contributed by atoms with van der Waals surface area (Å²) in [6, 6.07) is 34.2. The lowest BCUT2D eigenvalue weighted by atomic mass is 9.85. The zero-order chi connectivity index (χ0) is 86.7. The van der Waals surface area contributed by atoms with Gasteiger partial charge in [0.05, 0.1) is 42.4 Å². The maximum absolute atomic E-state index is 15.7. The molecule has 0 spiro atoms. The number of tetrazole rings is 1. The van der Waals surface area contributed by atoms with E-state index in [0.29, 0.717) is 62.1 Å². The largest absolute Gasteiger partial charge is 0.487 e. The second kappa shape index (κ2) is 38.0. The van der Waals surface area contributed by atoms with Crippen molar-refractivity contribution in [1.29, 1.82) is 0 Å². The van der Waals surface area contributed by atoms with Gasteiger partial charge in [0, 0.05) is 63.5 Å². The Morgan fingerprint density at radius 3 is 1.55 bits per heavy atom. The molecule has 2 saturated heterocycles. The second-order valence-corrected chi connectivity index (χ2v) is 33.7. The van der Waals surface area contributed by atoms with Gasteiger partial charge in [-0.3, -0.25) is 43.2 Å². The number of imidazole rings is 1. The molecule has 10 aromatic rings. The Morgan fingerprint density at radius 1 is 0.541 bits per heavy atom. The standard InChI is InChI=1S/C89H104N20O13/c1-51(90-9)78(110)98-75(88(3,4)5)85(117)107-46-65-41-73(107)83(115)95-70(39-55-22-28-58-17-11-13-19-60(58)34-55)81(113)94-69(80(112)92-43-57-16-15-21-62(36-57)77-101-103-104-102-77)37-53-24-30-68(31-25-53)122-49-64-45-109(105-100-64)66-42-74(108(47-66)86(118)76(89(6,7)8)99-79(111)52(2)91-10)84(116)96-71(40-56-23-29-59-18-12-14-20-61(59)35-56)82(114)97-72(87(119)120)38-54-26-32-67(33-27-54)121-48-63-44-106(65)50-93-63/h11-36,44-45,50-52,65-66,69-76,90-91H,37-43,46-49H2,1-10H3,(H,92,112)(H,94,113)(H,95,115)(H,96,116)(H,97,114)(H,98,110)(H,99,111)(H,119,120)(H,101,102,103,104)/t51-,52-,65-,66-,69-,70-,71-,72-,73-,74-,75+,76+/m0/s1. The van der Waals surface area contributed by atoms with E-state index >= 15 is 33.6 Å². The zero-order valence-electron chi connectivity index (χ0n) is 69.8. The number of fused-ring (bicyclic) bond motifs is 2. The van der Waals surface area contributed by atoms with E-state index in [1.807, 2.05) is 124 Å². The quantitative estimate of drug-likeness (QED) is 0.0550. The number of likely N-dealkylation sites (N-methyl/N-ethyl adjacent to an activating group) is 2. The van der Waals surface area contributed by atoms with E-state index in [1.54, 1.807) is 127 Å². The molecular formula is C89H104N20O13. The van der Waals surface area contributed by atoms with Gasteiger partial charge in [0.15, 0.2) is 5.82 Å². The first kappa shape index (κ1) is 86.5. The number of aromatic nitrogens is 9. The number of hydrogen-bond donors (Lipinski definition) is 11. The van der Waals surface area contributed by atoms with Gasteiger partial charge in [-0.1, -0.05) is 174 Å². The molecule has 638 valence electrons. The Morgan fingerprint density at radius 2 is 1.04 bits per heavy atom. The van der Waals surface area contributed by atoms with Gasteiger partial charge in [0.25, 0.3) is 0 Å². The van der Waals surface area contributed by atoms with Gasteiger partial charge in [-0.25, -0.2) is 19.6 Å². The van der Waals surface area contributed by atoms with Crippen LogP contribution in [0.1, 0.15) is 120 Å². The molecule has 2 fully saturated rings. The highest BCUT2D eigenvalue weighted by Crippen LogP contribution is 2.35. The van der Waals surface area contributed by atoms with E-state index in [0.717, 1.165) is 21.5 Å². The number of H-pyrrole nitrogens is 1. The molecule has 0 aliphatic carbocycles. The maximum atomic E-state index is 15.7. The van der Waals surface area contributed by atoms with Gasteiger partial charge in [0.1, 0.15) is 78.7 Å². The van der Waals surface area contributed by atoms with Gasteiger partial charge in [-0.15, -0.1) is 10.2 Å². The van der Waals surface area contributed by atoms with E-state index in [1.165, 1.54) is 14.5 Å². The smallest absolute Gasteiger partial charge is 0.326 e.